The van der Waals surface area contributed by atoms with E-state index in [-0.39, 0.29) is 0 Å². The number of nitrogens with one attached hydrogen (secondary N) is 2. The first kappa shape index (κ1) is 22.7. The number of thiocarbonyl (C=S) groups is 1. The second-order valence-electron chi connectivity index (χ2n) is 7.17. The molecule has 0 saturated carbocycles. The molecule has 0 radical (unpaired) electrons. The molecule has 2 aromatic carbocycles. The molecular weight excluding hydrogens is 380 g/mol. The van der Waals surface area contributed by atoms with E-state index in [0.717, 1.165) is 36.6 Å². The summed E-state index contributed by atoms with van der Waals surface area (Å²) < 4.78 is 5.70. The summed E-state index contributed by atoms with van der Waals surface area (Å²) in [5.74, 6) is 1.40. The maximum atomic E-state index is 5.70. The Balaban J connectivity index is 1.75. The molecule has 0 spiro atoms. The SMILES string of the molecule is CCN(CC)c1ccc(/C=N/NC(=S)NCc2ccc(OCC(C)C)cc2)cc1. The van der Waals surface area contributed by atoms with Crippen molar-refractivity contribution in [2.75, 3.05) is 24.6 Å². The summed E-state index contributed by atoms with van der Waals surface area (Å²) in [6, 6.07) is 16.4. The van der Waals surface area contributed by atoms with E-state index < -0.39 is 0 Å². The molecular formula is C23H32N4OS. The van der Waals surface area contributed by atoms with Crippen LogP contribution >= 0.6 is 12.2 Å². The van der Waals surface area contributed by atoms with E-state index >= 15 is 0 Å². The van der Waals surface area contributed by atoms with Crippen molar-refractivity contribution in [3.8, 4) is 5.75 Å². The first-order chi connectivity index (χ1) is 14.0. The summed E-state index contributed by atoms with van der Waals surface area (Å²) in [7, 11) is 0. The minimum Gasteiger partial charge on any atom is -0.493 e. The normalized spacial score (nSPS) is 10.9. The predicted octanol–water partition coefficient (Wildman–Crippen LogP) is 4.57. The number of hydrogen-bond acceptors (Lipinski definition) is 4. The van der Waals surface area contributed by atoms with Crippen LogP contribution in [0.2, 0.25) is 0 Å². The quantitative estimate of drug-likeness (QED) is 0.340. The molecule has 0 amide bonds. The van der Waals surface area contributed by atoms with Crippen LogP contribution in [0.4, 0.5) is 5.69 Å². The number of rotatable bonds is 10. The Morgan fingerprint density at radius 3 is 2.31 bits per heavy atom. The number of benzene rings is 2. The molecule has 0 aromatic heterocycles. The third kappa shape index (κ3) is 8.11. The Morgan fingerprint density at radius 2 is 1.72 bits per heavy atom. The van der Waals surface area contributed by atoms with Crippen molar-refractivity contribution in [3.63, 3.8) is 0 Å². The van der Waals surface area contributed by atoms with E-state index in [4.69, 9.17) is 17.0 Å². The van der Waals surface area contributed by atoms with Crippen LogP contribution in [0.3, 0.4) is 0 Å². The number of hydrogen-bond donors (Lipinski definition) is 2. The molecule has 0 bridgehead atoms. The van der Waals surface area contributed by atoms with Gasteiger partial charge in [-0.2, -0.15) is 5.10 Å². The molecule has 0 fully saturated rings. The van der Waals surface area contributed by atoms with Gasteiger partial charge in [0.25, 0.3) is 0 Å². The number of hydrazone groups is 1. The Kier molecular flexibility index (Phi) is 9.44. The molecule has 0 heterocycles. The topological polar surface area (TPSA) is 48.9 Å². The Hall–Kier alpha value is -2.60. The number of nitrogens with zero attached hydrogens (tertiary/aromatic N) is 2. The van der Waals surface area contributed by atoms with Gasteiger partial charge in [-0.05, 0) is 67.4 Å². The Morgan fingerprint density at radius 1 is 1.07 bits per heavy atom. The van der Waals surface area contributed by atoms with Gasteiger partial charge in [-0.1, -0.05) is 38.1 Å². The molecule has 2 rings (SSSR count). The smallest absolute Gasteiger partial charge is 0.187 e. The first-order valence-electron chi connectivity index (χ1n) is 10.2. The van der Waals surface area contributed by atoms with Crippen molar-refractivity contribution in [1.82, 2.24) is 10.7 Å². The van der Waals surface area contributed by atoms with Gasteiger partial charge in [0, 0.05) is 25.3 Å². The number of anilines is 1. The van der Waals surface area contributed by atoms with E-state index in [1.54, 1.807) is 6.21 Å². The third-order valence-electron chi connectivity index (χ3n) is 4.36. The monoisotopic (exact) mass is 412 g/mol. The second-order valence-corrected chi connectivity index (χ2v) is 7.57. The third-order valence-corrected chi connectivity index (χ3v) is 4.60. The van der Waals surface area contributed by atoms with Crippen LogP contribution in [0, 0.1) is 5.92 Å². The summed E-state index contributed by atoms with van der Waals surface area (Å²) in [5, 5.41) is 7.85. The minimum absolute atomic E-state index is 0.487. The zero-order valence-corrected chi connectivity index (χ0v) is 18.6. The second kappa shape index (κ2) is 12.1. The van der Waals surface area contributed by atoms with Gasteiger partial charge in [-0.3, -0.25) is 5.43 Å². The minimum atomic E-state index is 0.487. The van der Waals surface area contributed by atoms with Crippen molar-refractivity contribution in [3.05, 3.63) is 59.7 Å². The van der Waals surface area contributed by atoms with Gasteiger partial charge in [-0.25, -0.2) is 0 Å². The van der Waals surface area contributed by atoms with Gasteiger partial charge in [0.2, 0.25) is 0 Å². The molecule has 5 nitrogen and oxygen atoms in total. The Labute approximate surface area is 180 Å². The highest BCUT2D eigenvalue weighted by Crippen LogP contribution is 2.14. The molecule has 0 aliphatic rings. The molecule has 2 aromatic rings. The molecule has 6 heteroatoms. The maximum Gasteiger partial charge on any atom is 0.187 e. The summed E-state index contributed by atoms with van der Waals surface area (Å²) >= 11 is 5.28. The van der Waals surface area contributed by atoms with Gasteiger partial charge in [-0.15, -0.1) is 0 Å². The average molecular weight is 413 g/mol. The van der Waals surface area contributed by atoms with E-state index in [0.29, 0.717) is 17.6 Å². The van der Waals surface area contributed by atoms with Crippen molar-refractivity contribution in [2.45, 2.75) is 34.2 Å². The molecule has 29 heavy (non-hydrogen) atoms. The van der Waals surface area contributed by atoms with Gasteiger partial charge in [0.1, 0.15) is 5.75 Å². The Bertz CT molecular complexity index is 768. The summed E-state index contributed by atoms with van der Waals surface area (Å²) in [6.45, 7) is 11.9. The van der Waals surface area contributed by atoms with Crippen molar-refractivity contribution >= 4 is 29.2 Å². The fraction of sp³-hybridized carbons (Fsp3) is 0.391. The molecule has 0 aliphatic carbocycles. The summed E-state index contributed by atoms with van der Waals surface area (Å²) in [5.41, 5.74) is 6.23. The van der Waals surface area contributed by atoms with Crippen LogP contribution in [0.25, 0.3) is 0 Å². The van der Waals surface area contributed by atoms with E-state index in [2.05, 4.69) is 72.7 Å². The van der Waals surface area contributed by atoms with Gasteiger partial charge >= 0.3 is 0 Å². The molecule has 0 saturated heterocycles. The van der Waals surface area contributed by atoms with Crippen LogP contribution < -0.4 is 20.4 Å². The molecule has 156 valence electrons. The van der Waals surface area contributed by atoms with E-state index in [1.807, 2.05) is 24.3 Å². The van der Waals surface area contributed by atoms with Gasteiger partial charge in [0.05, 0.1) is 12.8 Å². The van der Waals surface area contributed by atoms with Crippen LogP contribution in [-0.2, 0) is 6.54 Å². The molecule has 2 N–H and O–H groups in total. The van der Waals surface area contributed by atoms with Crippen LogP contribution in [0.1, 0.15) is 38.8 Å². The highest BCUT2D eigenvalue weighted by molar-refractivity contribution is 7.80. The fourth-order valence-electron chi connectivity index (χ4n) is 2.71. The lowest BCUT2D eigenvalue weighted by Gasteiger charge is -2.20. The standard InChI is InChI=1S/C23H32N4OS/c1-5-27(6-2)21-11-7-20(8-12-21)16-25-26-23(29)24-15-19-9-13-22(14-10-19)28-17-18(3)4/h7-14,16,18H,5-6,15,17H2,1-4H3,(H2,24,26,29)/b25-16+. The van der Waals surface area contributed by atoms with Crippen molar-refractivity contribution in [2.24, 2.45) is 11.0 Å². The summed E-state index contributed by atoms with van der Waals surface area (Å²) in [6.07, 6.45) is 1.76. The van der Waals surface area contributed by atoms with Gasteiger partial charge < -0.3 is 15.0 Å². The molecule has 0 aliphatic heterocycles. The van der Waals surface area contributed by atoms with E-state index in [9.17, 15) is 0 Å². The average Bonchev–Trinajstić information content (AvgIpc) is 2.73. The lowest BCUT2D eigenvalue weighted by molar-refractivity contribution is 0.271. The van der Waals surface area contributed by atoms with Crippen molar-refractivity contribution in [1.29, 1.82) is 0 Å². The zero-order chi connectivity index (χ0) is 21.1. The fourth-order valence-corrected chi connectivity index (χ4v) is 2.84. The lowest BCUT2D eigenvalue weighted by atomic mass is 10.2. The highest BCUT2D eigenvalue weighted by atomic mass is 32.1. The van der Waals surface area contributed by atoms with Crippen LogP contribution in [0.5, 0.6) is 5.75 Å². The van der Waals surface area contributed by atoms with E-state index in [1.165, 1.54) is 5.69 Å². The molecule has 0 unspecified atom stereocenters. The molecule has 0 atom stereocenters. The highest BCUT2D eigenvalue weighted by Gasteiger charge is 2.01. The lowest BCUT2D eigenvalue weighted by Crippen LogP contribution is -2.31. The number of ether oxygens (including phenoxy) is 1. The maximum absolute atomic E-state index is 5.70. The predicted molar refractivity (Wildman–Crippen MR) is 127 cm³/mol. The zero-order valence-electron chi connectivity index (χ0n) is 17.8. The van der Waals surface area contributed by atoms with Gasteiger partial charge in [0.15, 0.2) is 5.11 Å². The largest absolute Gasteiger partial charge is 0.493 e. The first-order valence-corrected chi connectivity index (χ1v) is 10.6. The van der Waals surface area contributed by atoms with Crippen LogP contribution in [0.15, 0.2) is 53.6 Å². The summed E-state index contributed by atoms with van der Waals surface area (Å²) in [4.78, 5) is 2.31. The van der Waals surface area contributed by atoms with Crippen molar-refractivity contribution < 1.29 is 4.74 Å². The van der Waals surface area contributed by atoms with Crippen LogP contribution in [-0.4, -0.2) is 31.0 Å².